The summed E-state index contributed by atoms with van der Waals surface area (Å²) in [4.78, 5) is 23.5. The van der Waals surface area contributed by atoms with Gasteiger partial charge in [-0.05, 0) is 24.3 Å². The molecule has 0 radical (unpaired) electrons. The number of carbonyl (C=O) groups is 2. The number of nitrogens with one attached hydrogen (secondary N) is 2. The molecular formula is C17H18N2O4. The molecule has 0 bridgehead atoms. The number of amides is 2. The predicted octanol–water partition coefficient (Wildman–Crippen LogP) is 1.54. The summed E-state index contributed by atoms with van der Waals surface area (Å²) in [5, 5.41) is 1.98. The summed E-state index contributed by atoms with van der Waals surface area (Å²) >= 11 is 0. The van der Waals surface area contributed by atoms with E-state index in [4.69, 9.17) is 9.47 Å². The average molecular weight is 314 g/mol. The van der Waals surface area contributed by atoms with Crippen LogP contribution < -0.4 is 15.6 Å². The van der Waals surface area contributed by atoms with E-state index in [0.717, 1.165) is 17.2 Å². The lowest BCUT2D eigenvalue weighted by Crippen LogP contribution is -2.47. The van der Waals surface area contributed by atoms with Gasteiger partial charge in [-0.3, -0.25) is 20.4 Å². The topological polar surface area (TPSA) is 76.7 Å². The molecule has 23 heavy (non-hydrogen) atoms. The van der Waals surface area contributed by atoms with Gasteiger partial charge in [0, 0.05) is 12.0 Å². The molecule has 0 spiro atoms. The molecule has 1 aliphatic heterocycles. The molecule has 0 aromatic heterocycles. The summed E-state index contributed by atoms with van der Waals surface area (Å²) in [7, 11) is 0. The summed E-state index contributed by atoms with van der Waals surface area (Å²) in [5.74, 6) is -0.131. The van der Waals surface area contributed by atoms with Gasteiger partial charge in [-0.2, -0.15) is 0 Å². The minimum atomic E-state index is -0.478. The van der Waals surface area contributed by atoms with Gasteiger partial charge in [0.1, 0.15) is 11.9 Å². The van der Waals surface area contributed by atoms with Gasteiger partial charge in [0.2, 0.25) is 0 Å². The SMILES string of the molecule is O=C(COc1cccc2ccccc12)NNC(=O)[C@H]1CCCO1. The van der Waals surface area contributed by atoms with Crippen LogP contribution in [-0.4, -0.2) is 31.1 Å². The molecule has 0 aliphatic carbocycles. The third-order valence-electron chi connectivity index (χ3n) is 3.66. The number of rotatable bonds is 4. The smallest absolute Gasteiger partial charge is 0.276 e. The minimum absolute atomic E-state index is 0.181. The average Bonchev–Trinajstić information content (AvgIpc) is 3.12. The summed E-state index contributed by atoms with van der Waals surface area (Å²) in [6.07, 6.45) is 1.05. The Labute approximate surface area is 133 Å². The van der Waals surface area contributed by atoms with Crippen molar-refractivity contribution < 1.29 is 19.1 Å². The number of hydrogen-bond acceptors (Lipinski definition) is 4. The lowest BCUT2D eigenvalue weighted by atomic mass is 10.1. The van der Waals surface area contributed by atoms with E-state index in [1.165, 1.54) is 0 Å². The highest BCUT2D eigenvalue weighted by Crippen LogP contribution is 2.24. The van der Waals surface area contributed by atoms with Gasteiger partial charge >= 0.3 is 0 Å². The molecule has 3 rings (SSSR count). The Morgan fingerprint density at radius 2 is 1.96 bits per heavy atom. The fourth-order valence-electron chi connectivity index (χ4n) is 2.50. The molecule has 6 nitrogen and oxygen atoms in total. The van der Waals surface area contributed by atoms with E-state index in [0.29, 0.717) is 18.8 Å². The van der Waals surface area contributed by atoms with Gasteiger partial charge < -0.3 is 9.47 Å². The molecule has 1 aliphatic rings. The Morgan fingerprint density at radius 1 is 1.13 bits per heavy atom. The number of carbonyl (C=O) groups excluding carboxylic acids is 2. The second-order valence-corrected chi connectivity index (χ2v) is 5.31. The molecule has 0 unspecified atom stereocenters. The molecule has 2 N–H and O–H groups in total. The van der Waals surface area contributed by atoms with Crippen LogP contribution in [0.2, 0.25) is 0 Å². The first-order chi connectivity index (χ1) is 11.2. The molecule has 2 aromatic rings. The first-order valence-electron chi connectivity index (χ1n) is 7.55. The van der Waals surface area contributed by atoms with Gasteiger partial charge in [-0.25, -0.2) is 0 Å². The van der Waals surface area contributed by atoms with Crippen molar-refractivity contribution in [1.82, 2.24) is 10.9 Å². The van der Waals surface area contributed by atoms with E-state index >= 15 is 0 Å². The van der Waals surface area contributed by atoms with Crippen molar-refractivity contribution in [2.45, 2.75) is 18.9 Å². The third kappa shape index (κ3) is 3.78. The maximum Gasteiger partial charge on any atom is 0.276 e. The fourth-order valence-corrected chi connectivity index (χ4v) is 2.50. The van der Waals surface area contributed by atoms with E-state index in [9.17, 15) is 9.59 Å². The highest BCUT2D eigenvalue weighted by molar-refractivity contribution is 5.89. The monoisotopic (exact) mass is 314 g/mol. The normalized spacial score (nSPS) is 17.0. The van der Waals surface area contributed by atoms with E-state index in [2.05, 4.69) is 10.9 Å². The van der Waals surface area contributed by atoms with Crippen LogP contribution in [0.5, 0.6) is 5.75 Å². The highest BCUT2D eigenvalue weighted by atomic mass is 16.5. The van der Waals surface area contributed by atoms with Crippen molar-refractivity contribution in [3.05, 3.63) is 42.5 Å². The molecule has 0 saturated carbocycles. The lowest BCUT2D eigenvalue weighted by Gasteiger charge is -2.12. The second-order valence-electron chi connectivity index (χ2n) is 5.31. The quantitative estimate of drug-likeness (QED) is 0.840. The van der Waals surface area contributed by atoms with E-state index in [-0.39, 0.29) is 12.5 Å². The van der Waals surface area contributed by atoms with Crippen molar-refractivity contribution in [3.63, 3.8) is 0 Å². The van der Waals surface area contributed by atoms with Gasteiger partial charge in [-0.1, -0.05) is 36.4 Å². The molecular weight excluding hydrogens is 296 g/mol. The first-order valence-corrected chi connectivity index (χ1v) is 7.55. The summed E-state index contributed by atoms with van der Waals surface area (Å²) in [6.45, 7) is 0.399. The number of benzene rings is 2. The van der Waals surface area contributed by atoms with Gasteiger partial charge in [-0.15, -0.1) is 0 Å². The zero-order valence-corrected chi connectivity index (χ0v) is 12.6. The number of ether oxygens (including phenoxy) is 2. The van der Waals surface area contributed by atoms with E-state index < -0.39 is 12.0 Å². The zero-order chi connectivity index (χ0) is 16.1. The maximum atomic E-state index is 11.8. The fraction of sp³-hybridized carbons (Fsp3) is 0.294. The van der Waals surface area contributed by atoms with Crippen molar-refractivity contribution in [2.75, 3.05) is 13.2 Å². The van der Waals surface area contributed by atoms with Crippen LogP contribution in [0, 0.1) is 0 Å². The Hall–Kier alpha value is -2.60. The van der Waals surface area contributed by atoms with Gasteiger partial charge in [0.25, 0.3) is 11.8 Å². The van der Waals surface area contributed by atoms with Crippen molar-refractivity contribution in [2.24, 2.45) is 0 Å². The predicted molar refractivity (Wildman–Crippen MR) is 84.7 cm³/mol. The lowest BCUT2D eigenvalue weighted by molar-refractivity contribution is -0.135. The van der Waals surface area contributed by atoms with Crippen LogP contribution in [0.3, 0.4) is 0 Å². The molecule has 6 heteroatoms. The molecule has 1 atom stereocenters. The molecule has 1 saturated heterocycles. The van der Waals surface area contributed by atoms with Gasteiger partial charge in [0.15, 0.2) is 6.61 Å². The molecule has 120 valence electrons. The summed E-state index contributed by atoms with van der Waals surface area (Å²) < 4.78 is 10.8. The van der Waals surface area contributed by atoms with Crippen molar-refractivity contribution >= 4 is 22.6 Å². The Balaban J connectivity index is 1.51. The van der Waals surface area contributed by atoms with Crippen molar-refractivity contribution in [3.8, 4) is 5.75 Å². The number of fused-ring (bicyclic) bond motifs is 1. The van der Waals surface area contributed by atoms with Crippen molar-refractivity contribution in [1.29, 1.82) is 0 Å². The zero-order valence-electron chi connectivity index (χ0n) is 12.6. The Bertz CT molecular complexity index is 705. The minimum Gasteiger partial charge on any atom is -0.483 e. The van der Waals surface area contributed by atoms with Crippen LogP contribution in [-0.2, 0) is 14.3 Å². The number of hydrazine groups is 1. The maximum absolute atomic E-state index is 11.8. The van der Waals surface area contributed by atoms with Crippen LogP contribution in [0.15, 0.2) is 42.5 Å². The van der Waals surface area contributed by atoms with Gasteiger partial charge in [0.05, 0.1) is 0 Å². The van der Waals surface area contributed by atoms with E-state index in [1.807, 2.05) is 36.4 Å². The second kappa shape index (κ2) is 7.11. The molecule has 1 heterocycles. The van der Waals surface area contributed by atoms with Crippen LogP contribution in [0.25, 0.3) is 10.8 Å². The molecule has 1 fully saturated rings. The standard InChI is InChI=1S/C17H18N2O4/c20-16(18-19-17(21)15-9-4-10-22-15)11-23-14-8-3-6-12-5-1-2-7-13(12)14/h1-3,5-8,15H,4,9-11H2,(H,18,20)(H,19,21)/t15-/m1/s1. The van der Waals surface area contributed by atoms with Crippen LogP contribution in [0.1, 0.15) is 12.8 Å². The summed E-state index contributed by atoms with van der Waals surface area (Å²) in [6, 6.07) is 13.4. The third-order valence-corrected chi connectivity index (χ3v) is 3.66. The van der Waals surface area contributed by atoms with E-state index in [1.54, 1.807) is 6.07 Å². The largest absolute Gasteiger partial charge is 0.483 e. The Kier molecular flexibility index (Phi) is 4.73. The van der Waals surface area contributed by atoms with Crippen LogP contribution in [0.4, 0.5) is 0 Å². The highest BCUT2D eigenvalue weighted by Gasteiger charge is 2.23. The Morgan fingerprint density at radius 3 is 2.78 bits per heavy atom. The summed E-state index contributed by atoms with van der Waals surface area (Å²) in [5.41, 5.74) is 4.69. The number of hydrogen-bond donors (Lipinski definition) is 2. The molecule has 2 aromatic carbocycles. The molecule has 2 amide bonds. The first kappa shape index (κ1) is 15.3. The van der Waals surface area contributed by atoms with Crippen LogP contribution >= 0.6 is 0 Å².